The summed E-state index contributed by atoms with van der Waals surface area (Å²) in [5.41, 5.74) is 1.69. The van der Waals surface area contributed by atoms with E-state index in [1.165, 1.54) is 0 Å². The van der Waals surface area contributed by atoms with Crippen LogP contribution in [0.15, 0.2) is 23.1 Å². The first-order valence-electron chi connectivity index (χ1n) is 6.19. The first kappa shape index (κ1) is 15.1. The summed E-state index contributed by atoms with van der Waals surface area (Å²) in [6.45, 7) is 4.37. The molecule has 0 spiro atoms. The Kier molecular flexibility index (Phi) is 6.22. The van der Waals surface area contributed by atoms with Crippen LogP contribution in [0.25, 0.3) is 0 Å². The molecular weight excluding hydrogens is 246 g/mol. The van der Waals surface area contributed by atoms with Crippen molar-refractivity contribution in [2.45, 2.75) is 37.7 Å². The van der Waals surface area contributed by atoms with Crippen LogP contribution in [0.5, 0.6) is 0 Å². The molecular formula is C14H21NO2S. The summed E-state index contributed by atoms with van der Waals surface area (Å²) >= 11 is 1.62. The molecule has 0 aliphatic carbocycles. The second-order valence-electron chi connectivity index (χ2n) is 4.29. The molecule has 1 aromatic rings. The highest BCUT2D eigenvalue weighted by molar-refractivity contribution is 7.98. The maximum atomic E-state index is 12.0. The topological polar surface area (TPSA) is 49.3 Å². The molecule has 0 bridgehead atoms. The molecule has 2 N–H and O–H groups in total. The quantitative estimate of drug-likeness (QED) is 0.779. The normalized spacial score (nSPS) is 12.2. The fourth-order valence-corrected chi connectivity index (χ4v) is 2.06. The van der Waals surface area contributed by atoms with Crippen molar-refractivity contribution in [3.8, 4) is 0 Å². The van der Waals surface area contributed by atoms with Crippen molar-refractivity contribution in [3.05, 3.63) is 29.3 Å². The summed E-state index contributed by atoms with van der Waals surface area (Å²) in [6.07, 6.45) is 2.98. The van der Waals surface area contributed by atoms with Gasteiger partial charge in [-0.15, -0.1) is 11.8 Å². The Labute approximate surface area is 113 Å². The number of hydrogen-bond donors (Lipinski definition) is 2. The third kappa shape index (κ3) is 4.35. The van der Waals surface area contributed by atoms with Crippen LogP contribution in [0, 0.1) is 6.92 Å². The van der Waals surface area contributed by atoms with Crippen molar-refractivity contribution in [2.75, 3.05) is 12.8 Å². The molecule has 0 aromatic heterocycles. The molecule has 0 aliphatic rings. The van der Waals surface area contributed by atoms with E-state index >= 15 is 0 Å². The maximum Gasteiger partial charge on any atom is 0.251 e. The van der Waals surface area contributed by atoms with E-state index in [1.54, 1.807) is 11.8 Å². The molecule has 1 amide bonds. The van der Waals surface area contributed by atoms with Crippen molar-refractivity contribution in [1.82, 2.24) is 5.32 Å². The third-order valence-electron chi connectivity index (χ3n) is 2.92. The first-order valence-corrected chi connectivity index (χ1v) is 7.41. The number of rotatable bonds is 6. The lowest BCUT2D eigenvalue weighted by Crippen LogP contribution is -2.27. The Morgan fingerprint density at radius 2 is 2.22 bits per heavy atom. The number of thioether (sulfide) groups is 1. The fraction of sp³-hybridized carbons (Fsp3) is 0.500. The van der Waals surface area contributed by atoms with Crippen LogP contribution in [-0.2, 0) is 0 Å². The van der Waals surface area contributed by atoms with Crippen molar-refractivity contribution >= 4 is 17.7 Å². The standard InChI is InChI=1S/C14H21NO2S/c1-4-11(16)7-8-15-14(17)13-9-12(18-3)6-5-10(13)2/h5-6,9,11,16H,4,7-8H2,1-3H3,(H,15,17). The molecule has 3 nitrogen and oxygen atoms in total. The summed E-state index contributed by atoms with van der Waals surface area (Å²) in [5, 5.41) is 12.3. The summed E-state index contributed by atoms with van der Waals surface area (Å²) in [6, 6.07) is 5.88. The Hall–Kier alpha value is -1.00. The summed E-state index contributed by atoms with van der Waals surface area (Å²) in [4.78, 5) is 13.1. The van der Waals surface area contributed by atoms with Gasteiger partial charge in [-0.3, -0.25) is 4.79 Å². The minimum Gasteiger partial charge on any atom is -0.393 e. The van der Waals surface area contributed by atoms with Crippen molar-refractivity contribution in [1.29, 1.82) is 0 Å². The zero-order valence-corrected chi connectivity index (χ0v) is 12.0. The van der Waals surface area contributed by atoms with Gasteiger partial charge in [0.05, 0.1) is 6.10 Å². The van der Waals surface area contributed by atoms with E-state index in [2.05, 4.69) is 5.32 Å². The summed E-state index contributed by atoms with van der Waals surface area (Å²) in [7, 11) is 0. The molecule has 0 heterocycles. The molecule has 0 saturated heterocycles. The van der Waals surface area contributed by atoms with E-state index in [0.29, 0.717) is 18.5 Å². The highest BCUT2D eigenvalue weighted by Crippen LogP contribution is 2.18. The van der Waals surface area contributed by atoms with Gasteiger partial charge in [0.15, 0.2) is 0 Å². The minimum atomic E-state index is -0.330. The van der Waals surface area contributed by atoms with E-state index in [0.717, 1.165) is 16.9 Å². The van der Waals surface area contributed by atoms with Gasteiger partial charge < -0.3 is 10.4 Å². The number of amides is 1. The largest absolute Gasteiger partial charge is 0.393 e. The Bertz CT molecular complexity index is 407. The molecule has 18 heavy (non-hydrogen) atoms. The molecule has 1 aromatic carbocycles. The predicted octanol–water partition coefficient (Wildman–Crippen LogP) is 2.61. The molecule has 1 atom stereocenters. The van der Waals surface area contributed by atoms with Gasteiger partial charge in [0.2, 0.25) is 0 Å². The fourth-order valence-electron chi connectivity index (χ4n) is 1.62. The van der Waals surface area contributed by atoms with E-state index in [4.69, 9.17) is 0 Å². The first-order chi connectivity index (χ1) is 8.58. The van der Waals surface area contributed by atoms with Gasteiger partial charge in [0, 0.05) is 17.0 Å². The zero-order valence-electron chi connectivity index (χ0n) is 11.2. The van der Waals surface area contributed by atoms with Crippen LogP contribution in [0.2, 0.25) is 0 Å². The molecule has 1 rings (SSSR count). The second-order valence-corrected chi connectivity index (χ2v) is 5.17. The zero-order chi connectivity index (χ0) is 13.5. The van der Waals surface area contributed by atoms with Gasteiger partial charge in [0.1, 0.15) is 0 Å². The summed E-state index contributed by atoms with van der Waals surface area (Å²) < 4.78 is 0. The van der Waals surface area contributed by atoms with E-state index in [9.17, 15) is 9.90 Å². The number of carbonyl (C=O) groups excluding carboxylic acids is 1. The molecule has 0 radical (unpaired) electrons. The average Bonchev–Trinajstić information content (AvgIpc) is 2.38. The lowest BCUT2D eigenvalue weighted by Gasteiger charge is -2.11. The van der Waals surface area contributed by atoms with Crippen LogP contribution in [0.4, 0.5) is 0 Å². The smallest absolute Gasteiger partial charge is 0.251 e. The van der Waals surface area contributed by atoms with Gasteiger partial charge >= 0.3 is 0 Å². The predicted molar refractivity (Wildman–Crippen MR) is 76.2 cm³/mol. The number of carbonyl (C=O) groups is 1. The van der Waals surface area contributed by atoms with Gasteiger partial charge in [-0.05, 0) is 43.7 Å². The van der Waals surface area contributed by atoms with Crippen molar-refractivity contribution in [3.63, 3.8) is 0 Å². The Morgan fingerprint density at radius 1 is 1.50 bits per heavy atom. The van der Waals surface area contributed by atoms with Crippen LogP contribution >= 0.6 is 11.8 Å². The second kappa shape index (κ2) is 7.44. The van der Waals surface area contributed by atoms with Crippen LogP contribution in [0.3, 0.4) is 0 Å². The minimum absolute atomic E-state index is 0.0632. The Balaban J connectivity index is 2.61. The van der Waals surface area contributed by atoms with Gasteiger partial charge in [-0.1, -0.05) is 13.0 Å². The lowest BCUT2D eigenvalue weighted by molar-refractivity contribution is 0.0941. The van der Waals surface area contributed by atoms with Crippen LogP contribution in [-0.4, -0.2) is 29.9 Å². The van der Waals surface area contributed by atoms with Gasteiger partial charge in [-0.25, -0.2) is 0 Å². The van der Waals surface area contributed by atoms with E-state index < -0.39 is 0 Å². The number of nitrogens with one attached hydrogen (secondary N) is 1. The van der Waals surface area contributed by atoms with Crippen LogP contribution in [0.1, 0.15) is 35.7 Å². The SMILES string of the molecule is CCC(O)CCNC(=O)c1cc(SC)ccc1C. The number of aryl methyl sites for hydroxylation is 1. The summed E-state index contributed by atoms with van der Waals surface area (Å²) in [5.74, 6) is -0.0632. The number of hydrogen-bond acceptors (Lipinski definition) is 3. The highest BCUT2D eigenvalue weighted by Gasteiger charge is 2.10. The number of aliphatic hydroxyl groups is 1. The monoisotopic (exact) mass is 267 g/mol. The molecule has 0 fully saturated rings. The van der Waals surface area contributed by atoms with E-state index in [1.807, 2.05) is 38.3 Å². The van der Waals surface area contributed by atoms with Crippen LogP contribution < -0.4 is 5.32 Å². The van der Waals surface area contributed by atoms with Gasteiger partial charge in [-0.2, -0.15) is 0 Å². The number of aliphatic hydroxyl groups excluding tert-OH is 1. The average molecular weight is 267 g/mol. The molecule has 0 aliphatic heterocycles. The van der Waals surface area contributed by atoms with E-state index in [-0.39, 0.29) is 12.0 Å². The number of benzene rings is 1. The Morgan fingerprint density at radius 3 is 2.83 bits per heavy atom. The molecule has 1 unspecified atom stereocenters. The van der Waals surface area contributed by atoms with Crippen molar-refractivity contribution in [2.24, 2.45) is 0 Å². The van der Waals surface area contributed by atoms with Gasteiger partial charge in [0.25, 0.3) is 5.91 Å². The molecule has 100 valence electrons. The van der Waals surface area contributed by atoms with Crippen molar-refractivity contribution < 1.29 is 9.90 Å². The third-order valence-corrected chi connectivity index (χ3v) is 3.65. The molecule has 4 heteroatoms. The maximum absolute atomic E-state index is 12.0. The molecule has 0 saturated carbocycles. The lowest BCUT2D eigenvalue weighted by atomic mass is 10.1. The highest BCUT2D eigenvalue weighted by atomic mass is 32.2.